The van der Waals surface area contributed by atoms with Crippen LogP contribution in [0.4, 0.5) is 13.2 Å². The largest absolute Gasteiger partial charge is 0.480 e. The van der Waals surface area contributed by atoms with E-state index in [2.05, 4.69) is 5.10 Å². The zero-order chi connectivity index (χ0) is 13.7. The summed E-state index contributed by atoms with van der Waals surface area (Å²) < 4.78 is 38.9. The molecule has 8 heteroatoms. The Morgan fingerprint density at radius 1 is 1.56 bits per heavy atom. The number of carbonyl (C=O) groups is 1. The van der Waals surface area contributed by atoms with E-state index < -0.39 is 28.9 Å². The normalized spacial score (nSPS) is 17.8. The number of aliphatic carboxylic acids is 1. The number of carboxylic acid groups (broad SMARTS) is 1. The fourth-order valence-electron chi connectivity index (χ4n) is 1.73. The molecule has 1 aliphatic rings. The highest BCUT2D eigenvalue weighted by molar-refractivity contribution is 6.32. The van der Waals surface area contributed by atoms with E-state index in [1.807, 2.05) is 0 Å². The highest BCUT2D eigenvalue weighted by Crippen LogP contribution is 2.47. The Morgan fingerprint density at radius 2 is 2.11 bits per heavy atom. The molecule has 1 aromatic heterocycles. The van der Waals surface area contributed by atoms with E-state index in [1.54, 1.807) is 0 Å². The molecule has 18 heavy (non-hydrogen) atoms. The number of halogens is 4. The Labute approximate surface area is 105 Å². The molecular weight excluding hydrogens is 273 g/mol. The van der Waals surface area contributed by atoms with Crippen LogP contribution < -0.4 is 0 Å². The van der Waals surface area contributed by atoms with Crippen molar-refractivity contribution in [3.05, 3.63) is 16.4 Å². The fraction of sp³-hybridized carbons (Fsp3) is 0.600. The number of hydrogen-bond donors (Lipinski definition) is 1. The maximum Gasteiger partial charge on any atom is 0.436 e. The standard InChI is InChI=1S/C10H10ClF3N2O2/c1-4(9(17)18)16-7(5-2-3-5)6(11)8(15-16)10(12,13)14/h4-5H,2-3H2,1H3,(H,17,18)/t4-/m0/s1. The van der Waals surface area contributed by atoms with Gasteiger partial charge in [-0.05, 0) is 19.8 Å². The monoisotopic (exact) mass is 282 g/mol. The Balaban J connectivity index is 2.55. The Kier molecular flexibility index (Phi) is 3.04. The molecule has 1 atom stereocenters. The molecule has 4 nitrogen and oxygen atoms in total. The van der Waals surface area contributed by atoms with Gasteiger partial charge in [-0.2, -0.15) is 18.3 Å². The maximum atomic E-state index is 12.7. The molecule has 0 spiro atoms. The average molecular weight is 283 g/mol. The Bertz CT molecular complexity index is 494. The zero-order valence-electron chi connectivity index (χ0n) is 9.33. The second-order valence-electron chi connectivity index (χ2n) is 4.28. The lowest BCUT2D eigenvalue weighted by Gasteiger charge is -2.10. The van der Waals surface area contributed by atoms with E-state index in [9.17, 15) is 18.0 Å². The molecule has 0 unspecified atom stereocenters. The number of hydrogen-bond acceptors (Lipinski definition) is 2. The van der Waals surface area contributed by atoms with Crippen LogP contribution in [0, 0.1) is 0 Å². The molecule has 0 amide bonds. The molecule has 0 bridgehead atoms. The summed E-state index contributed by atoms with van der Waals surface area (Å²) in [4.78, 5) is 10.9. The van der Waals surface area contributed by atoms with Crippen LogP contribution in [0.1, 0.15) is 43.1 Å². The van der Waals surface area contributed by atoms with Gasteiger partial charge in [0.05, 0.1) is 10.7 Å². The first-order chi connectivity index (χ1) is 8.23. The van der Waals surface area contributed by atoms with Gasteiger partial charge in [0.15, 0.2) is 5.69 Å². The van der Waals surface area contributed by atoms with Crippen LogP contribution in [0.3, 0.4) is 0 Å². The van der Waals surface area contributed by atoms with Crippen LogP contribution in [-0.4, -0.2) is 20.9 Å². The van der Waals surface area contributed by atoms with E-state index in [0.717, 1.165) is 4.68 Å². The van der Waals surface area contributed by atoms with Crippen molar-refractivity contribution in [1.29, 1.82) is 0 Å². The minimum absolute atomic E-state index is 0.122. The smallest absolute Gasteiger partial charge is 0.436 e. The second kappa shape index (κ2) is 4.15. The summed E-state index contributed by atoms with van der Waals surface area (Å²) in [5, 5.41) is 11.7. The van der Waals surface area contributed by atoms with Crippen molar-refractivity contribution >= 4 is 17.6 Å². The van der Waals surface area contributed by atoms with Crippen LogP contribution in [0.25, 0.3) is 0 Å². The summed E-state index contributed by atoms with van der Waals surface area (Å²) in [5.74, 6) is -1.37. The number of nitrogens with zero attached hydrogens (tertiary/aromatic N) is 2. The van der Waals surface area contributed by atoms with Crippen molar-refractivity contribution in [3.63, 3.8) is 0 Å². The molecule has 2 rings (SSSR count). The van der Waals surface area contributed by atoms with Crippen LogP contribution in [0.2, 0.25) is 5.02 Å². The highest BCUT2D eigenvalue weighted by Gasteiger charge is 2.43. The fourth-order valence-corrected chi connectivity index (χ4v) is 2.12. The molecule has 1 N–H and O–H groups in total. The first-order valence-corrected chi connectivity index (χ1v) is 5.69. The topological polar surface area (TPSA) is 55.1 Å². The van der Waals surface area contributed by atoms with Crippen LogP contribution in [0.5, 0.6) is 0 Å². The first-order valence-electron chi connectivity index (χ1n) is 5.31. The van der Waals surface area contributed by atoms with Crippen molar-refractivity contribution in [1.82, 2.24) is 9.78 Å². The van der Waals surface area contributed by atoms with E-state index in [4.69, 9.17) is 16.7 Å². The van der Waals surface area contributed by atoms with Gasteiger partial charge in [-0.1, -0.05) is 11.6 Å². The second-order valence-corrected chi connectivity index (χ2v) is 4.66. The predicted octanol–water partition coefficient (Wildman–Crippen LogP) is 3.08. The Morgan fingerprint density at radius 3 is 2.50 bits per heavy atom. The SMILES string of the molecule is C[C@@H](C(=O)O)n1nc(C(F)(F)F)c(Cl)c1C1CC1. The van der Waals surface area contributed by atoms with E-state index >= 15 is 0 Å². The summed E-state index contributed by atoms with van der Waals surface area (Å²) in [6, 6.07) is -1.17. The van der Waals surface area contributed by atoms with Crippen molar-refractivity contribution in [2.75, 3.05) is 0 Å². The molecule has 0 saturated heterocycles. The third-order valence-electron chi connectivity index (χ3n) is 2.84. The summed E-state index contributed by atoms with van der Waals surface area (Å²) in [5.41, 5.74) is -1.03. The molecule has 100 valence electrons. The molecule has 1 heterocycles. The van der Waals surface area contributed by atoms with Crippen LogP contribution in [-0.2, 0) is 11.0 Å². The number of aromatic nitrogens is 2. The lowest BCUT2D eigenvalue weighted by Crippen LogP contribution is -2.19. The summed E-state index contributed by atoms with van der Waals surface area (Å²) >= 11 is 5.70. The summed E-state index contributed by atoms with van der Waals surface area (Å²) in [6.07, 6.45) is -3.27. The quantitative estimate of drug-likeness (QED) is 0.927. The van der Waals surface area contributed by atoms with Gasteiger partial charge in [-0.15, -0.1) is 0 Å². The first kappa shape index (κ1) is 13.2. The molecule has 0 aliphatic heterocycles. The van der Waals surface area contributed by atoms with Crippen molar-refractivity contribution in [2.24, 2.45) is 0 Å². The third kappa shape index (κ3) is 2.19. The van der Waals surface area contributed by atoms with Gasteiger partial charge in [0.25, 0.3) is 0 Å². The molecule has 1 aliphatic carbocycles. The van der Waals surface area contributed by atoms with E-state index in [1.165, 1.54) is 6.92 Å². The van der Waals surface area contributed by atoms with Gasteiger partial charge in [-0.3, -0.25) is 4.68 Å². The lowest BCUT2D eigenvalue weighted by molar-refractivity contribution is -0.144. The molecule has 1 saturated carbocycles. The van der Waals surface area contributed by atoms with E-state index in [-0.39, 0.29) is 11.6 Å². The van der Waals surface area contributed by atoms with Gasteiger partial charge in [0, 0.05) is 5.92 Å². The van der Waals surface area contributed by atoms with Crippen molar-refractivity contribution in [3.8, 4) is 0 Å². The van der Waals surface area contributed by atoms with Crippen molar-refractivity contribution < 1.29 is 23.1 Å². The minimum Gasteiger partial charge on any atom is -0.480 e. The summed E-state index contributed by atoms with van der Waals surface area (Å²) in [6.45, 7) is 1.28. The highest BCUT2D eigenvalue weighted by atomic mass is 35.5. The Hall–Kier alpha value is -1.24. The number of rotatable bonds is 3. The van der Waals surface area contributed by atoms with Gasteiger partial charge in [0.2, 0.25) is 0 Å². The minimum atomic E-state index is -4.68. The molecule has 1 aromatic rings. The van der Waals surface area contributed by atoms with E-state index in [0.29, 0.717) is 12.8 Å². The number of carboxylic acids is 1. The lowest BCUT2D eigenvalue weighted by atomic mass is 10.2. The third-order valence-corrected chi connectivity index (χ3v) is 3.22. The van der Waals surface area contributed by atoms with Gasteiger partial charge >= 0.3 is 12.1 Å². The van der Waals surface area contributed by atoms with Gasteiger partial charge in [-0.25, -0.2) is 4.79 Å². The van der Waals surface area contributed by atoms with Crippen molar-refractivity contribution in [2.45, 2.75) is 37.9 Å². The average Bonchev–Trinajstić information content (AvgIpc) is 2.99. The summed E-state index contributed by atoms with van der Waals surface area (Å²) in [7, 11) is 0. The van der Waals surface area contributed by atoms with Crippen LogP contribution >= 0.6 is 11.6 Å². The molecule has 0 radical (unpaired) electrons. The molecule has 1 fully saturated rings. The van der Waals surface area contributed by atoms with Gasteiger partial charge in [0.1, 0.15) is 6.04 Å². The van der Waals surface area contributed by atoms with Crippen LogP contribution in [0.15, 0.2) is 0 Å². The zero-order valence-corrected chi connectivity index (χ0v) is 10.1. The van der Waals surface area contributed by atoms with Gasteiger partial charge < -0.3 is 5.11 Å². The predicted molar refractivity (Wildman–Crippen MR) is 56.6 cm³/mol. The molecular formula is C10H10ClF3N2O2. The maximum absolute atomic E-state index is 12.7. The number of alkyl halides is 3. The molecule has 0 aromatic carbocycles.